The predicted molar refractivity (Wildman–Crippen MR) is 203 cm³/mol. The maximum Gasteiger partial charge on any atom is 0.312 e. The average molecular weight is 844 g/mol. The molecular formula is C16H28Br2N2O2P12S. The van der Waals surface area contributed by atoms with Gasteiger partial charge >= 0.3 is 5.97 Å². The summed E-state index contributed by atoms with van der Waals surface area (Å²) in [6, 6.07) is 9.86. The van der Waals surface area contributed by atoms with Crippen molar-refractivity contribution in [3.8, 4) is 0 Å². The monoisotopic (exact) mass is 842 g/mol. The standard InChI is InChI=1S/C11H12BrNO2.C5H2BrNS.H14P12/c1-15-11(14)8-6-13(7-8)10-4-2-3-9(12)5-10;1-7-4-2-3-8-5(4)6;1-8(2)11(7)12(9(3)4)10(5)6/h2-5,8H,6-7H2,1H3;2-3H;1-7H2. The molecule has 1 aliphatic heterocycles. The molecule has 1 saturated heterocycles. The number of nitrogens with zero attached hydrogens (tertiary/aromatic N) is 2. The quantitative estimate of drug-likeness (QED) is 0.165. The molecule has 8 atom stereocenters. The molecule has 19 heteroatoms. The summed E-state index contributed by atoms with van der Waals surface area (Å²) in [6.07, 6.45) is 0. The van der Waals surface area contributed by atoms with E-state index in [0.717, 1.165) is 27.0 Å². The Labute approximate surface area is 251 Å². The summed E-state index contributed by atoms with van der Waals surface area (Å²) in [5, 5.41) is 1.89. The van der Waals surface area contributed by atoms with Crippen LogP contribution in [0.5, 0.6) is 0 Å². The number of hydrogen-bond donors (Lipinski definition) is 0. The Morgan fingerprint density at radius 1 is 1.09 bits per heavy atom. The maximum absolute atomic E-state index is 11.2. The lowest BCUT2D eigenvalue weighted by molar-refractivity contribution is -0.146. The Balaban J connectivity index is 0.000000276. The molecule has 2 heterocycles. The van der Waals surface area contributed by atoms with Crippen LogP contribution in [0.25, 0.3) is 4.85 Å². The van der Waals surface area contributed by atoms with Crippen molar-refractivity contribution in [1.82, 2.24) is 0 Å². The van der Waals surface area contributed by atoms with E-state index in [1.807, 2.05) is 29.6 Å². The number of carbonyl (C=O) groups is 1. The largest absolute Gasteiger partial charge is 0.469 e. The first-order valence-electron chi connectivity index (χ1n) is 9.34. The first-order valence-corrected chi connectivity index (χ1v) is 32.7. The topological polar surface area (TPSA) is 33.9 Å². The van der Waals surface area contributed by atoms with Crippen LogP contribution in [0, 0.1) is 12.5 Å². The van der Waals surface area contributed by atoms with Crippen molar-refractivity contribution in [1.29, 1.82) is 0 Å². The number of anilines is 1. The van der Waals surface area contributed by atoms with Crippen LogP contribution in [0.4, 0.5) is 11.4 Å². The molecule has 0 bridgehead atoms. The minimum Gasteiger partial charge on any atom is -0.469 e. The first kappa shape index (κ1) is 36.8. The predicted octanol–water partition coefficient (Wildman–Crippen LogP) is 11.7. The lowest BCUT2D eigenvalue weighted by atomic mass is 9.99. The molecule has 1 aliphatic rings. The summed E-state index contributed by atoms with van der Waals surface area (Å²) in [5.41, 5.74) is 1.85. The van der Waals surface area contributed by atoms with Gasteiger partial charge in [-0.1, -0.05) is 37.9 Å². The highest BCUT2D eigenvalue weighted by Gasteiger charge is 2.33. The minimum atomic E-state index is -0.110. The SMILES string of the molecule is COC(=O)C1CN(c2cccc(Br)c2)C1.PP(P)P(P)P(P(P)P)P(P)P.[C-]#[N+]c1ccsc1Br. The minimum absolute atomic E-state index is 0.0361. The van der Waals surface area contributed by atoms with Gasteiger partial charge in [-0.15, -0.1) is 62.5 Å². The van der Waals surface area contributed by atoms with Gasteiger partial charge < -0.3 is 9.64 Å². The summed E-state index contributed by atoms with van der Waals surface area (Å²) in [4.78, 5) is 16.6. The summed E-state index contributed by atoms with van der Waals surface area (Å²) in [5.74, 6) is -0.0739. The fraction of sp³-hybridized carbons (Fsp3) is 0.250. The highest BCUT2D eigenvalue weighted by Crippen LogP contribution is 3.16. The number of halogens is 2. The molecule has 0 radical (unpaired) electrons. The number of rotatable bonds is 6. The van der Waals surface area contributed by atoms with Crippen LogP contribution in [0.1, 0.15) is 0 Å². The van der Waals surface area contributed by atoms with Crippen LogP contribution >= 0.6 is 141 Å². The summed E-state index contributed by atoms with van der Waals surface area (Å²) in [7, 11) is 22.4. The van der Waals surface area contributed by atoms with Gasteiger partial charge in [0, 0.05) is 23.2 Å². The van der Waals surface area contributed by atoms with E-state index in [9.17, 15) is 4.79 Å². The van der Waals surface area contributed by atoms with Crippen LogP contribution in [0.2, 0.25) is 0 Å². The normalized spacial score (nSPS) is 14.0. The fourth-order valence-corrected chi connectivity index (χ4v) is 106. The number of carbonyl (C=O) groups excluding carboxylic acids is 1. The molecule has 4 nitrogen and oxygen atoms in total. The highest BCUT2D eigenvalue weighted by molar-refractivity contribution is 9.21. The van der Waals surface area contributed by atoms with Crippen LogP contribution < -0.4 is 4.90 Å². The highest BCUT2D eigenvalue weighted by atomic mass is 79.9. The van der Waals surface area contributed by atoms with Crippen LogP contribution in [0.15, 0.2) is 44.0 Å². The Morgan fingerprint density at radius 3 is 2.03 bits per heavy atom. The second-order valence-corrected chi connectivity index (χ2v) is 54.6. The number of benzene rings is 1. The lowest BCUT2D eigenvalue weighted by Gasteiger charge is -2.39. The van der Waals surface area contributed by atoms with Crippen molar-refractivity contribution in [2.24, 2.45) is 5.92 Å². The second-order valence-electron chi connectivity index (χ2n) is 6.53. The van der Waals surface area contributed by atoms with Gasteiger partial charge in [-0.05, 0) is 64.6 Å². The van der Waals surface area contributed by atoms with Crippen molar-refractivity contribution >= 4 is 158 Å². The molecule has 35 heavy (non-hydrogen) atoms. The van der Waals surface area contributed by atoms with Gasteiger partial charge in [-0.3, -0.25) is 4.79 Å². The molecule has 1 aromatic carbocycles. The Bertz CT molecular complexity index is 966. The molecule has 1 aromatic heterocycles. The Hall–Kier alpha value is 3.80. The van der Waals surface area contributed by atoms with Gasteiger partial charge in [0.05, 0.1) is 23.4 Å². The third kappa shape index (κ3) is 13.5. The molecule has 3 rings (SSSR count). The zero-order valence-corrected chi connectivity index (χ0v) is 35.2. The molecule has 0 amide bonds. The summed E-state index contributed by atoms with van der Waals surface area (Å²) < 4.78 is 6.67. The van der Waals surface area contributed by atoms with E-state index in [-0.39, 0.29) is 46.8 Å². The number of methoxy groups -OCH3 is 1. The van der Waals surface area contributed by atoms with Gasteiger partial charge in [0.1, 0.15) is 0 Å². The number of hydrogen-bond acceptors (Lipinski definition) is 4. The average Bonchev–Trinajstić information content (AvgIpc) is 3.18. The Kier molecular flexibility index (Phi) is 20.9. The third-order valence-electron chi connectivity index (χ3n) is 4.14. The molecule has 0 spiro atoms. The van der Waals surface area contributed by atoms with E-state index in [4.69, 9.17) is 6.57 Å². The lowest BCUT2D eigenvalue weighted by Crippen LogP contribution is -2.50. The van der Waals surface area contributed by atoms with Gasteiger partial charge in [-0.25, -0.2) is 4.85 Å². The molecule has 1 fully saturated rings. The van der Waals surface area contributed by atoms with Gasteiger partial charge in [-0.2, -0.15) is 11.3 Å². The molecule has 0 saturated carbocycles. The Morgan fingerprint density at radius 2 is 1.69 bits per heavy atom. The van der Waals surface area contributed by atoms with Gasteiger partial charge in [0.15, 0.2) is 0 Å². The third-order valence-corrected chi connectivity index (χ3v) is 72.9. The van der Waals surface area contributed by atoms with Crippen molar-refractivity contribution in [2.45, 2.75) is 0 Å². The van der Waals surface area contributed by atoms with Crippen molar-refractivity contribution in [3.63, 3.8) is 0 Å². The van der Waals surface area contributed by atoms with Crippen LogP contribution in [-0.2, 0) is 9.53 Å². The van der Waals surface area contributed by atoms with Crippen molar-refractivity contribution in [3.05, 3.63) is 55.4 Å². The second kappa shape index (κ2) is 19.8. The zero-order valence-electron chi connectivity index (χ0n) is 18.6. The van der Waals surface area contributed by atoms with E-state index in [2.05, 4.69) is 109 Å². The molecule has 8 unspecified atom stereocenters. The van der Waals surface area contributed by atoms with Gasteiger partial charge in [0.2, 0.25) is 5.69 Å². The van der Waals surface area contributed by atoms with Crippen molar-refractivity contribution in [2.75, 3.05) is 25.1 Å². The smallest absolute Gasteiger partial charge is 0.312 e. The number of esters is 1. The van der Waals surface area contributed by atoms with Crippen LogP contribution in [-0.4, -0.2) is 26.2 Å². The molecule has 0 aliphatic carbocycles. The zero-order chi connectivity index (χ0) is 26.7. The van der Waals surface area contributed by atoms with E-state index < -0.39 is 0 Å². The van der Waals surface area contributed by atoms with E-state index in [1.165, 1.54) is 18.4 Å². The number of thiophene rings is 1. The van der Waals surface area contributed by atoms with Crippen molar-refractivity contribution < 1.29 is 9.53 Å². The summed E-state index contributed by atoms with van der Waals surface area (Å²) >= 11 is 8.19. The molecule has 194 valence electrons. The van der Waals surface area contributed by atoms with Crippen LogP contribution in [0.3, 0.4) is 0 Å². The first-order chi connectivity index (χ1) is 16.4. The van der Waals surface area contributed by atoms with E-state index >= 15 is 0 Å². The fourth-order valence-electron chi connectivity index (χ4n) is 2.47. The van der Waals surface area contributed by atoms with E-state index in [0.29, 0.717) is 5.69 Å². The summed E-state index contributed by atoms with van der Waals surface area (Å²) in [6.45, 7) is 8.81. The van der Waals surface area contributed by atoms with Gasteiger partial charge in [0.25, 0.3) is 0 Å². The molecule has 2 aromatic rings. The maximum atomic E-state index is 11.2. The number of ether oxygens (including phenoxy) is 1. The molecular weight excluding hydrogens is 816 g/mol. The van der Waals surface area contributed by atoms with E-state index in [1.54, 1.807) is 6.07 Å². The molecule has 0 N–H and O–H groups in total.